The Morgan fingerprint density at radius 2 is 1.89 bits per heavy atom. The fourth-order valence-electron chi connectivity index (χ4n) is 2.20. The molecule has 0 unspecified atom stereocenters. The lowest BCUT2D eigenvalue weighted by atomic mass is 10.1. The Labute approximate surface area is 163 Å². The van der Waals surface area contributed by atoms with Crippen molar-refractivity contribution in [2.45, 2.75) is 11.6 Å². The van der Waals surface area contributed by atoms with E-state index >= 15 is 0 Å². The third kappa shape index (κ3) is 5.38. The number of halogens is 2. The van der Waals surface area contributed by atoms with Crippen molar-refractivity contribution in [2.24, 2.45) is 0 Å². The highest BCUT2D eigenvalue weighted by Crippen LogP contribution is 2.15. The van der Waals surface area contributed by atoms with Gasteiger partial charge in [-0.1, -0.05) is 47.6 Å². The van der Waals surface area contributed by atoms with E-state index in [0.29, 0.717) is 11.4 Å². The van der Waals surface area contributed by atoms with Gasteiger partial charge >= 0.3 is 0 Å². The van der Waals surface area contributed by atoms with Crippen LogP contribution in [0.2, 0.25) is 5.02 Å². The molecule has 0 aliphatic heterocycles. The first kappa shape index (κ1) is 19.1. The molecule has 0 saturated carbocycles. The van der Waals surface area contributed by atoms with E-state index in [1.54, 1.807) is 30.3 Å². The molecule has 0 saturated heterocycles. The van der Waals surface area contributed by atoms with E-state index in [4.69, 9.17) is 11.6 Å². The van der Waals surface area contributed by atoms with Crippen molar-refractivity contribution >= 4 is 35.0 Å². The van der Waals surface area contributed by atoms with Crippen LogP contribution in [0.1, 0.15) is 11.3 Å². The van der Waals surface area contributed by atoms with Gasteiger partial charge in [0.05, 0.1) is 11.4 Å². The standard InChI is InChI=1S/C18H14ClFN4O2S/c19-12-7-5-11(6-8-12)9-15-17(26)22-18(24-23-15)27-10-16(25)21-14-4-2-1-3-13(14)20/h1-8H,9-10H2,(H,21,25)(H,22,24,26). The summed E-state index contributed by atoms with van der Waals surface area (Å²) in [6, 6.07) is 12.9. The van der Waals surface area contributed by atoms with Crippen LogP contribution >= 0.6 is 23.4 Å². The van der Waals surface area contributed by atoms with Gasteiger partial charge in [0.15, 0.2) is 5.16 Å². The molecule has 0 aliphatic rings. The minimum atomic E-state index is -0.518. The van der Waals surface area contributed by atoms with E-state index in [-0.39, 0.29) is 27.8 Å². The largest absolute Gasteiger partial charge is 0.323 e. The van der Waals surface area contributed by atoms with Gasteiger partial charge in [0.1, 0.15) is 11.5 Å². The van der Waals surface area contributed by atoms with Crippen molar-refractivity contribution in [2.75, 3.05) is 11.1 Å². The Morgan fingerprint density at radius 3 is 2.59 bits per heavy atom. The van der Waals surface area contributed by atoms with Gasteiger partial charge in [-0.2, -0.15) is 0 Å². The number of carbonyl (C=O) groups is 1. The zero-order chi connectivity index (χ0) is 19.2. The molecule has 0 fully saturated rings. The number of nitrogens with one attached hydrogen (secondary N) is 2. The summed E-state index contributed by atoms with van der Waals surface area (Å²) in [7, 11) is 0. The number of para-hydroxylation sites is 1. The van der Waals surface area contributed by atoms with Crippen LogP contribution in [-0.4, -0.2) is 26.8 Å². The average Bonchev–Trinajstić information content (AvgIpc) is 2.66. The van der Waals surface area contributed by atoms with Gasteiger partial charge in [0.25, 0.3) is 5.56 Å². The van der Waals surface area contributed by atoms with Crippen LogP contribution in [-0.2, 0) is 11.2 Å². The van der Waals surface area contributed by atoms with Crippen LogP contribution in [0.15, 0.2) is 58.5 Å². The highest BCUT2D eigenvalue weighted by atomic mass is 35.5. The second-order valence-corrected chi connectivity index (χ2v) is 6.93. The molecule has 0 atom stereocenters. The molecule has 3 rings (SSSR count). The molecule has 3 aromatic rings. The molecule has 0 aliphatic carbocycles. The molecular weight excluding hydrogens is 391 g/mol. The third-order valence-corrected chi connectivity index (χ3v) is 4.63. The molecule has 6 nitrogen and oxygen atoms in total. The second kappa shape index (κ2) is 8.79. The number of hydrogen-bond donors (Lipinski definition) is 2. The molecule has 9 heteroatoms. The summed E-state index contributed by atoms with van der Waals surface area (Å²) in [5.74, 6) is -0.983. The molecule has 0 spiro atoms. The van der Waals surface area contributed by atoms with E-state index in [1.807, 2.05) is 0 Å². The van der Waals surface area contributed by atoms with Crippen LogP contribution in [0.4, 0.5) is 10.1 Å². The number of aromatic amines is 1. The number of benzene rings is 2. The molecule has 138 valence electrons. The minimum absolute atomic E-state index is 0.0461. The van der Waals surface area contributed by atoms with Gasteiger partial charge in [-0.05, 0) is 29.8 Å². The average molecular weight is 405 g/mol. The topological polar surface area (TPSA) is 87.7 Å². The van der Waals surface area contributed by atoms with Crippen LogP contribution in [0.25, 0.3) is 0 Å². The third-order valence-electron chi connectivity index (χ3n) is 3.52. The zero-order valence-corrected chi connectivity index (χ0v) is 15.5. The lowest BCUT2D eigenvalue weighted by Crippen LogP contribution is -2.19. The summed E-state index contributed by atoms with van der Waals surface area (Å²) in [6.07, 6.45) is 0.318. The number of anilines is 1. The monoisotopic (exact) mass is 404 g/mol. The number of rotatable bonds is 6. The Hall–Kier alpha value is -2.71. The van der Waals surface area contributed by atoms with Gasteiger partial charge in [0.2, 0.25) is 5.91 Å². The first-order chi connectivity index (χ1) is 13.0. The number of amides is 1. The highest BCUT2D eigenvalue weighted by molar-refractivity contribution is 7.99. The Bertz CT molecular complexity index is 1010. The first-order valence-electron chi connectivity index (χ1n) is 7.89. The van der Waals surface area contributed by atoms with Crippen molar-refractivity contribution in [3.8, 4) is 0 Å². The maximum absolute atomic E-state index is 13.5. The van der Waals surface area contributed by atoms with Crippen LogP contribution in [0.3, 0.4) is 0 Å². The Morgan fingerprint density at radius 1 is 1.15 bits per heavy atom. The Balaban J connectivity index is 1.59. The van der Waals surface area contributed by atoms with E-state index < -0.39 is 11.7 Å². The lowest BCUT2D eigenvalue weighted by molar-refractivity contribution is -0.113. The molecule has 1 heterocycles. The fraction of sp³-hybridized carbons (Fsp3) is 0.111. The molecule has 2 aromatic carbocycles. The van der Waals surface area contributed by atoms with Crippen molar-refractivity contribution < 1.29 is 9.18 Å². The van der Waals surface area contributed by atoms with Gasteiger partial charge in [-0.3, -0.25) is 14.6 Å². The number of nitrogens with zero attached hydrogens (tertiary/aromatic N) is 2. The SMILES string of the molecule is O=C(CSc1nnc(Cc2ccc(Cl)cc2)c(=O)[nH]1)Nc1ccccc1F. The molecule has 27 heavy (non-hydrogen) atoms. The van der Waals surface area contributed by atoms with Crippen molar-refractivity contribution in [1.82, 2.24) is 15.2 Å². The van der Waals surface area contributed by atoms with E-state index in [1.165, 1.54) is 18.2 Å². The van der Waals surface area contributed by atoms with Crippen LogP contribution in [0.5, 0.6) is 0 Å². The summed E-state index contributed by atoms with van der Waals surface area (Å²) >= 11 is 6.84. The molecule has 1 aromatic heterocycles. The molecule has 2 N–H and O–H groups in total. The summed E-state index contributed by atoms with van der Waals surface area (Å²) in [5.41, 5.74) is 0.860. The van der Waals surface area contributed by atoms with Gasteiger partial charge < -0.3 is 5.32 Å². The fourth-order valence-corrected chi connectivity index (χ4v) is 2.93. The quantitative estimate of drug-likeness (QED) is 0.615. The number of hydrogen-bond acceptors (Lipinski definition) is 5. The molecule has 0 bridgehead atoms. The summed E-state index contributed by atoms with van der Waals surface area (Å²) < 4.78 is 13.5. The van der Waals surface area contributed by atoms with E-state index in [2.05, 4.69) is 20.5 Å². The van der Waals surface area contributed by atoms with E-state index in [9.17, 15) is 14.0 Å². The number of carbonyl (C=O) groups excluding carboxylic acids is 1. The number of H-pyrrole nitrogens is 1. The van der Waals surface area contributed by atoms with E-state index in [0.717, 1.165) is 17.3 Å². The van der Waals surface area contributed by atoms with Gasteiger partial charge in [-0.15, -0.1) is 10.2 Å². The summed E-state index contributed by atoms with van der Waals surface area (Å²) in [4.78, 5) is 26.6. The number of thioether (sulfide) groups is 1. The molecule has 1 amide bonds. The lowest BCUT2D eigenvalue weighted by Gasteiger charge is -2.06. The smallest absolute Gasteiger partial charge is 0.273 e. The predicted octanol–water partition coefficient (Wildman–Crippen LogP) is 3.28. The molecular formula is C18H14ClFN4O2S. The molecule has 0 radical (unpaired) electrons. The summed E-state index contributed by atoms with van der Waals surface area (Å²) in [5, 5.41) is 11.1. The maximum Gasteiger partial charge on any atom is 0.273 e. The van der Waals surface area contributed by atoms with Crippen LogP contribution < -0.4 is 10.9 Å². The summed E-state index contributed by atoms with van der Waals surface area (Å²) in [6.45, 7) is 0. The van der Waals surface area contributed by atoms with Crippen LogP contribution in [0, 0.1) is 5.82 Å². The predicted molar refractivity (Wildman–Crippen MR) is 103 cm³/mol. The highest BCUT2D eigenvalue weighted by Gasteiger charge is 2.10. The first-order valence-corrected chi connectivity index (χ1v) is 9.25. The second-order valence-electron chi connectivity index (χ2n) is 5.53. The maximum atomic E-state index is 13.5. The van der Waals surface area contributed by atoms with Crippen molar-refractivity contribution in [1.29, 1.82) is 0 Å². The minimum Gasteiger partial charge on any atom is -0.323 e. The van der Waals surface area contributed by atoms with Gasteiger partial charge in [0, 0.05) is 11.4 Å². The Kier molecular flexibility index (Phi) is 6.20. The van der Waals surface area contributed by atoms with Crippen molar-refractivity contribution in [3.63, 3.8) is 0 Å². The zero-order valence-electron chi connectivity index (χ0n) is 13.9. The number of aromatic nitrogens is 3. The normalized spacial score (nSPS) is 10.6. The van der Waals surface area contributed by atoms with Gasteiger partial charge in [-0.25, -0.2) is 4.39 Å². The van der Waals surface area contributed by atoms with Crippen molar-refractivity contribution in [3.05, 3.63) is 81.0 Å².